The highest BCUT2D eigenvalue weighted by Gasteiger charge is 2.18. The van der Waals surface area contributed by atoms with E-state index < -0.39 is 0 Å². The number of hydrogen-bond donors (Lipinski definition) is 2. The van der Waals surface area contributed by atoms with Crippen molar-refractivity contribution in [1.29, 1.82) is 0 Å². The van der Waals surface area contributed by atoms with Crippen LogP contribution in [-0.4, -0.2) is 51.1 Å². The van der Waals surface area contributed by atoms with Gasteiger partial charge in [-0.25, -0.2) is 0 Å². The highest BCUT2D eigenvalue weighted by Crippen LogP contribution is 2.27. The molecule has 2 rings (SSSR count). The molecule has 0 heterocycles. The van der Waals surface area contributed by atoms with Crippen molar-refractivity contribution in [2.45, 2.75) is 38.6 Å². The number of hydrogen-bond acceptors (Lipinski definition) is 3. The monoisotopic (exact) mass is 360 g/mol. The standard InChI is InChI=1S/C20H32N4O2/c1-21-20(24(2)15-17-8-10-18(26-3)11-9-17)23-13-12-22-19(25)14-16-6-4-5-7-16/h8-11,16H,4-7,12-15H2,1-3H3,(H,21,23)(H,22,25). The van der Waals surface area contributed by atoms with Crippen LogP contribution in [0.2, 0.25) is 0 Å². The quantitative estimate of drug-likeness (QED) is 0.424. The first-order chi connectivity index (χ1) is 12.6. The molecule has 0 spiro atoms. The number of ether oxygens (including phenoxy) is 1. The Hall–Kier alpha value is -2.24. The number of methoxy groups -OCH3 is 1. The lowest BCUT2D eigenvalue weighted by Crippen LogP contribution is -2.42. The van der Waals surface area contributed by atoms with Crippen LogP contribution in [0.1, 0.15) is 37.7 Å². The molecule has 0 saturated heterocycles. The van der Waals surface area contributed by atoms with Crippen LogP contribution in [0.5, 0.6) is 5.75 Å². The topological polar surface area (TPSA) is 66.0 Å². The first-order valence-corrected chi connectivity index (χ1v) is 9.43. The molecule has 1 aromatic rings. The molecule has 1 amide bonds. The van der Waals surface area contributed by atoms with E-state index in [0.717, 1.165) is 18.3 Å². The molecule has 0 radical (unpaired) electrons. The zero-order valence-electron chi connectivity index (χ0n) is 16.3. The van der Waals surface area contributed by atoms with Gasteiger partial charge in [0.05, 0.1) is 7.11 Å². The molecule has 6 nitrogen and oxygen atoms in total. The second-order valence-electron chi connectivity index (χ2n) is 6.88. The number of benzene rings is 1. The van der Waals surface area contributed by atoms with E-state index in [2.05, 4.69) is 20.5 Å². The van der Waals surface area contributed by atoms with Gasteiger partial charge < -0.3 is 20.3 Å². The van der Waals surface area contributed by atoms with Gasteiger partial charge in [0.15, 0.2) is 5.96 Å². The Labute approximate surface area is 157 Å². The van der Waals surface area contributed by atoms with Crippen molar-refractivity contribution in [2.24, 2.45) is 10.9 Å². The predicted octanol–water partition coefficient (Wildman–Crippen LogP) is 2.40. The van der Waals surface area contributed by atoms with Gasteiger partial charge in [0.2, 0.25) is 5.91 Å². The molecule has 0 aromatic heterocycles. The van der Waals surface area contributed by atoms with Crippen LogP contribution in [0.15, 0.2) is 29.3 Å². The van der Waals surface area contributed by atoms with Gasteiger partial charge in [-0.15, -0.1) is 0 Å². The number of nitrogens with zero attached hydrogens (tertiary/aromatic N) is 2. The Morgan fingerprint density at radius 1 is 1.19 bits per heavy atom. The summed E-state index contributed by atoms with van der Waals surface area (Å²) in [7, 11) is 5.43. The Morgan fingerprint density at radius 2 is 1.85 bits per heavy atom. The minimum absolute atomic E-state index is 0.167. The normalized spacial score (nSPS) is 15.0. The van der Waals surface area contributed by atoms with Crippen molar-refractivity contribution in [1.82, 2.24) is 15.5 Å². The number of amides is 1. The largest absolute Gasteiger partial charge is 0.497 e. The summed E-state index contributed by atoms with van der Waals surface area (Å²) in [6.45, 7) is 2.02. The third-order valence-corrected chi connectivity index (χ3v) is 4.83. The number of nitrogens with one attached hydrogen (secondary N) is 2. The number of guanidine groups is 1. The SMILES string of the molecule is CN=C(NCCNC(=O)CC1CCCC1)N(C)Cc1ccc(OC)cc1. The maximum atomic E-state index is 12.0. The molecule has 1 fully saturated rings. The van der Waals surface area contributed by atoms with Gasteiger partial charge in [0.25, 0.3) is 0 Å². The first kappa shape index (κ1) is 20.1. The third kappa shape index (κ3) is 6.58. The Morgan fingerprint density at radius 3 is 2.46 bits per heavy atom. The second kappa shape index (κ2) is 10.7. The molecule has 1 aromatic carbocycles. The van der Waals surface area contributed by atoms with E-state index in [9.17, 15) is 4.79 Å². The van der Waals surface area contributed by atoms with Crippen molar-refractivity contribution in [2.75, 3.05) is 34.3 Å². The summed E-state index contributed by atoms with van der Waals surface area (Å²) in [5.74, 6) is 2.42. The molecule has 0 unspecified atom stereocenters. The van der Waals surface area contributed by atoms with Crippen LogP contribution in [0.3, 0.4) is 0 Å². The first-order valence-electron chi connectivity index (χ1n) is 9.43. The highest BCUT2D eigenvalue weighted by atomic mass is 16.5. The fourth-order valence-corrected chi connectivity index (χ4v) is 3.39. The van der Waals surface area contributed by atoms with Crippen LogP contribution in [0.25, 0.3) is 0 Å². The molecular formula is C20H32N4O2. The van der Waals surface area contributed by atoms with Gasteiger partial charge in [-0.05, 0) is 36.5 Å². The van der Waals surface area contributed by atoms with E-state index in [1.165, 1.54) is 31.2 Å². The van der Waals surface area contributed by atoms with E-state index in [-0.39, 0.29) is 5.91 Å². The van der Waals surface area contributed by atoms with Crippen molar-refractivity contribution in [3.05, 3.63) is 29.8 Å². The molecule has 2 N–H and O–H groups in total. The summed E-state index contributed by atoms with van der Waals surface area (Å²) >= 11 is 0. The summed E-state index contributed by atoms with van der Waals surface area (Å²) in [6, 6.07) is 8.01. The van der Waals surface area contributed by atoms with Crippen LogP contribution in [-0.2, 0) is 11.3 Å². The van der Waals surface area contributed by atoms with Crippen LogP contribution in [0, 0.1) is 5.92 Å². The summed E-state index contributed by atoms with van der Waals surface area (Å²) in [6.07, 6.45) is 5.63. The van der Waals surface area contributed by atoms with Crippen molar-refractivity contribution >= 4 is 11.9 Å². The lowest BCUT2D eigenvalue weighted by atomic mass is 10.0. The van der Waals surface area contributed by atoms with Gasteiger partial charge in [0.1, 0.15) is 5.75 Å². The van der Waals surface area contributed by atoms with Gasteiger partial charge in [-0.1, -0.05) is 25.0 Å². The smallest absolute Gasteiger partial charge is 0.220 e. The number of carbonyl (C=O) groups excluding carboxylic acids is 1. The van der Waals surface area contributed by atoms with Crippen LogP contribution >= 0.6 is 0 Å². The zero-order chi connectivity index (χ0) is 18.8. The Balaban J connectivity index is 1.67. The van der Waals surface area contributed by atoms with E-state index in [1.807, 2.05) is 31.3 Å². The van der Waals surface area contributed by atoms with Gasteiger partial charge >= 0.3 is 0 Å². The summed E-state index contributed by atoms with van der Waals surface area (Å²) in [5.41, 5.74) is 1.18. The van der Waals surface area contributed by atoms with Crippen molar-refractivity contribution in [3.8, 4) is 5.75 Å². The van der Waals surface area contributed by atoms with E-state index in [4.69, 9.17) is 4.74 Å². The molecule has 0 atom stereocenters. The van der Waals surface area contributed by atoms with Crippen LogP contribution in [0.4, 0.5) is 0 Å². The lowest BCUT2D eigenvalue weighted by molar-refractivity contribution is -0.121. The number of carbonyl (C=O) groups is 1. The minimum atomic E-state index is 0.167. The minimum Gasteiger partial charge on any atom is -0.497 e. The Kier molecular flexibility index (Phi) is 8.25. The third-order valence-electron chi connectivity index (χ3n) is 4.83. The molecule has 0 aliphatic heterocycles. The summed E-state index contributed by atoms with van der Waals surface area (Å²) in [4.78, 5) is 18.3. The maximum Gasteiger partial charge on any atom is 0.220 e. The molecule has 1 aliphatic carbocycles. The molecule has 26 heavy (non-hydrogen) atoms. The lowest BCUT2D eigenvalue weighted by Gasteiger charge is -2.22. The fourth-order valence-electron chi connectivity index (χ4n) is 3.39. The summed E-state index contributed by atoms with van der Waals surface area (Å²) < 4.78 is 5.19. The molecule has 6 heteroatoms. The molecular weight excluding hydrogens is 328 g/mol. The molecule has 1 aliphatic rings. The number of rotatable bonds is 8. The van der Waals surface area contributed by atoms with Crippen LogP contribution < -0.4 is 15.4 Å². The van der Waals surface area contributed by atoms with Crippen molar-refractivity contribution in [3.63, 3.8) is 0 Å². The average molecular weight is 361 g/mol. The van der Waals surface area contributed by atoms with E-state index in [1.54, 1.807) is 14.2 Å². The number of aliphatic imine (C=N–C) groups is 1. The highest BCUT2D eigenvalue weighted by molar-refractivity contribution is 5.80. The average Bonchev–Trinajstić information content (AvgIpc) is 3.15. The van der Waals surface area contributed by atoms with E-state index >= 15 is 0 Å². The summed E-state index contributed by atoms with van der Waals surface area (Å²) in [5, 5.41) is 6.30. The molecule has 144 valence electrons. The second-order valence-corrected chi connectivity index (χ2v) is 6.88. The molecule has 0 bridgehead atoms. The van der Waals surface area contributed by atoms with Crippen molar-refractivity contribution < 1.29 is 9.53 Å². The maximum absolute atomic E-state index is 12.0. The van der Waals surface area contributed by atoms with Gasteiger partial charge in [0, 0.05) is 40.2 Å². The van der Waals surface area contributed by atoms with Gasteiger partial charge in [-0.3, -0.25) is 9.79 Å². The van der Waals surface area contributed by atoms with E-state index in [0.29, 0.717) is 25.4 Å². The zero-order valence-corrected chi connectivity index (χ0v) is 16.3. The van der Waals surface area contributed by atoms with Gasteiger partial charge in [-0.2, -0.15) is 0 Å². The fraction of sp³-hybridized carbons (Fsp3) is 0.600. The predicted molar refractivity (Wildman–Crippen MR) is 105 cm³/mol. The Bertz CT molecular complexity index is 580. The molecule has 1 saturated carbocycles.